The Morgan fingerprint density at radius 2 is 1.90 bits per heavy atom. The van der Waals surface area contributed by atoms with E-state index in [4.69, 9.17) is 5.73 Å². The van der Waals surface area contributed by atoms with E-state index in [0.717, 1.165) is 12.1 Å². The van der Waals surface area contributed by atoms with Crippen molar-refractivity contribution in [3.8, 4) is 0 Å². The third-order valence-electron chi connectivity index (χ3n) is 2.79. The van der Waals surface area contributed by atoms with Gasteiger partial charge in [-0.3, -0.25) is 4.79 Å². The van der Waals surface area contributed by atoms with E-state index in [0.29, 0.717) is 17.9 Å². The van der Waals surface area contributed by atoms with E-state index in [1.165, 1.54) is 6.07 Å². The SMILES string of the molecule is CC(C)CCC(=O)Nc1cc(CN)cc(C(F)(F)F)c1.Cl. The van der Waals surface area contributed by atoms with Crippen LogP contribution in [0.1, 0.15) is 37.8 Å². The van der Waals surface area contributed by atoms with Crippen molar-refractivity contribution in [2.75, 3.05) is 5.32 Å². The van der Waals surface area contributed by atoms with E-state index < -0.39 is 11.7 Å². The van der Waals surface area contributed by atoms with E-state index >= 15 is 0 Å². The van der Waals surface area contributed by atoms with Crippen LogP contribution in [0.2, 0.25) is 0 Å². The molecule has 7 heteroatoms. The molecule has 0 unspecified atom stereocenters. The average Bonchev–Trinajstić information content (AvgIpc) is 2.34. The quantitative estimate of drug-likeness (QED) is 0.861. The molecular weight excluding hydrogens is 305 g/mol. The number of benzene rings is 1. The molecule has 0 aliphatic carbocycles. The summed E-state index contributed by atoms with van der Waals surface area (Å²) in [5.41, 5.74) is 5.04. The molecule has 0 saturated heterocycles. The number of carbonyl (C=O) groups is 1. The number of nitrogens with two attached hydrogens (primary N) is 1. The largest absolute Gasteiger partial charge is 0.416 e. The maximum atomic E-state index is 12.7. The van der Waals surface area contributed by atoms with Crippen LogP contribution in [0, 0.1) is 5.92 Å². The van der Waals surface area contributed by atoms with Crippen LogP contribution in [0.3, 0.4) is 0 Å². The Morgan fingerprint density at radius 1 is 1.29 bits per heavy atom. The Morgan fingerprint density at radius 3 is 2.38 bits per heavy atom. The van der Waals surface area contributed by atoms with Gasteiger partial charge < -0.3 is 11.1 Å². The second-order valence-corrected chi connectivity index (χ2v) is 5.10. The fourth-order valence-corrected chi connectivity index (χ4v) is 1.69. The zero-order chi connectivity index (χ0) is 15.3. The summed E-state index contributed by atoms with van der Waals surface area (Å²) in [4.78, 5) is 11.7. The van der Waals surface area contributed by atoms with Gasteiger partial charge in [0.05, 0.1) is 5.56 Å². The second-order valence-electron chi connectivity index (χ2n) is 5.10. The molecule has 1 aromatic carbocycles. The van der Waals surface area contributed by atoms with Crippen molar-refractivity contribution >= 4 is 24.0 Å². The van der Waals surface area contributed by atoms with Crippen molar-refractivity contribution < 1.29 is 18.0 Å². The molecular formula is C14H20ClF3N2O. The van der Waals surface area contributed by atoms with Crippen LogP contribution in [0.25, 0.3) is 0 Å². The van der Waals surface area contributed by atoms with Gasteiger partial charge in [0.25, 0.3) is 0 Å². The first-order valence-electron chi connectivity index (χ1n) is 6.43. The molecule has 3 nitrogen and oxygen atoms in total. The lowest BCUT2D eigenvalue weighted by molar-refractivity contribution is -0.137. The van der Waals surface area contributed by atoms with Gasteiger partial charge in [0, 0.05) is 18.7 Å². The normalized spacial score (nSPS) is 11.2. The number of halogens is 4. The molecule has 0 heterocycles. The van der Waals surface area contributed by atoms with Gasteiger partial charge in [-0.15, -0.1) is 12.4 Å². The van der Waals surface area contributed by atoms with Crippen LogP contribution in [-0.4, -0.2) is 5.91 Å². The molecule has 0 aromatic heterocycles. The molecule has 0 radical (unpaired) electrons. The first-order chi connectivity index (χ1) is 9.22. The summed E-state index contributed by atoms with van der Waals surface area (Å²) < 4.78 is 38.2. The monoisotopic (exact) mass is 324 g/mol. The van der Waals surface area contributed by atoms with Gasteiger partial charge in [0.15, 0.2) is 0 Å². The summed E-state index contributed by atoms with van der Waals surface area (Å²) in [6.45, 7) is 3.94. The number of anilines is 1. The summed E-state index contributed by atoms with van der Waals surface area (Å²) in [6, 6.07) is 3.37. The summed E-state index contributed by atoms with van der Waals surface area (Å²) in [5, 5.41) is 2.49. The predicted molar refractivity (Wildman–Crippen MR) is 79.3 cm³/mol. The van der Waals surface area contributed by atoms with Gasteiger partial charge in [-0.25, -0.2) is 0 Å². The highest BCUT2D eigenvalue weighted by Gasteiger charge is 2.31. The van der Waals surface area contributed by atoms with Gasteiger partial charge >= 0.3 is 6.18 Å². The van der Waals surface area contributed by atoms with Gasteiger partial charge in [0.1, 0.15) is 0 Å². The molecule has 1 amide bonds. The van der Waals surface area contributed by atoms with E-state index in [2.05, 4.69) is 5.32 Å². The highest BCUT2D eigenvalue weighted by atomic mass is 35.5. The standard InChI is InChI=1S/C14H19F3N2O.ClH/c1-9(2)3-4-13(20)19-12-6-10(8-18)5-11(7-12)14(15,16)17;/h5-7,9H,3-4,8,18H2,1-2H3,(H,19,20);1H. The lowest BCUT2D eigenvalue weighted by Gasteiger charge is -2.13. The minimum Gasteiger partial charge on any atom is -0.326 e. The van der Waals surface area contributed by atoms with Crippen LogP contribution in [-0.2, 0) is 17.5 Å². The summed E-state index contributed by atoms with van der Waals surface area (Å²) in [6.07, 6.45) is -3.48. The maximum absolute atomic E-state index is 12.7. The fourth-order valence-electron chi connectivity index (χ4n) is 1.69. The van der Waals surface area contributed by atoms with Gasteiger partial charge in [-0.1, -0.05) is 13.8 Å². The van der Waals surface area contributed by atoms with Crippen molar-refractivity contribution in [2.24, 2.45) is 11.7 Å². The highest BCUT2D eigenvalue weighted by molar-refractivity contribution is 5.90. The molecule has 0 aliphatic heterocycles. The smallest absolute Gasteiger partial charge is 0.326 e. The first-order valence-corrected chi connectivity index (χ1v) is 6.43. The van der Waals surface area contributed by atoms with Crippen molar-refractivity contribution in [3.05, 3.63) is 29.3 Å². The molecule has 1 aromatic rings. The second kappa shape index (κ2) is 8.24. The predicted octanol–water partition coefficient (Wildman–Crippen LogP) is 3.96. The zero-order valence-corrected chi connectivity index (χ0v) is 12.8. The third-order valence-corrected chi connectivity index (χ3v) is 2.79. The zero-order valence-electron chi connectivity index (χ0n) is 12.0. The van der Waals surface area contributed by atoms with Gasteiger partial charge in [-0.2, -0.15) is 13.2 Å². The molecule has 0 atom stereocenters. The van der Waals surface area contributed by atoms with Crippen LogP contribution >= 0.6 is 12.4 Å². The summed E-state index contributed by atoms with van der Waals surface area (Å²) in [5.74, 6) is 0.0721. The Hall–Kier alpha value is -1.27. The average molecular weight is 325 g/mol. The molecule has 0 fully saturated rings. The van der Waals surface area contributed by atoms with Gasteiger partial charge in [0.2, 0.25) is 5.91 Å². The van der Waals surface area contributed by atoms with E-state index in [9.17, 15) is 18.0 Å². The third kappa shape index (κ3) is 6.82. The molecule has 21 heavy (non-hydrogen) atoms. The number of carbonyl (C=O) groups excluding carboxylic acids is 1. The first kappa shape index (κ1) is 19.7. The van der Waals surface area contributed by atoms with E-state index in [-0.39, 0.29) is 37.0 Å². The molecule has 0 aliphatic rings. The van der Waals surface area contributed by atoms with Crippen molar-refractivity contribution in [1.29, 1.82) is 0 Å². The summed E-state index contributed by atoms with van der Waals surface area (Å²) in [7, 11) is 0. The number of hydrogen-bond donors (Lipinski definition) is 2. The van der Waals surface area contributed by atoms with Crippen LogP contribution in [0.4, 0.5) is 18.9 Å². The van der Waals surface area contributed by atoms with E-state index in [1.807, 2.05) is 13.8 Å². The van der Waals surface area contributed by atoms with Gasteiger partial charge in [-0.05, 0) is 36.1 Å². The van der Waals surface area contributed by atoms with E-state index in [1.54, 1.807) is 0 Å². The van der Waals surface area contributed by atoms with Crippen LogP contribution in [0.15, 0.2) is 18.2 Å². The molecule has 0 saturated carbocycles. The minimum atomic E-state index is -4.46. The van der Waals surface area contributed by atoms with Crippen molar-refractivity contribution in [1.82, 2.24) is 0 Å². The van der Waals surface area contributed by atoms with Crippen molar-refractivity contribution in [2.45, 2.75) is 39.4 Å². The number of amides is 1. The summed E-state index contributed by atoms with van der Waals surface area (Å²) >= 11 is 0. The number of alkyl halides is 3. The fraction of sp³-hybridized carbons (Fsp3) is 0.500. The maximum Gasteiger partial charge on any atom is 0.416 e. The van der Waals surface area contributed by atoms with Crippen LogP contribution < -0.4 is 11.1 Å². The molecule has 3 N–H and O–H groups in total. The topological polar surface area (TPSA) is 55.1 Å². The number of nitrogens with one attached hydrogen (secondary N) is 1. The minimum absolute atomic E-state index is 0. The Kier molecular flexibility index (Phi) is 7.74. The lowest BCUT2D eigenvalue weighted by Crippen LogP contribution is -2.14. The highest BCUT2D eigenvalue weighted by Crippen LogP contribution is 2.32. The molecule has 120 valence electrons. The van der Waals surface area contributed by atoms with Crippen LogP contribution in [0.5, 0.6) is 0 Å². The Balaban J connectivity index is 0.00000400. The Labute approximate surface area is 128 Å². The lowest BCUT2D eigenvalue weighted by atomic mass is 10.1. The van der Waals surface area contributed by atoms with Crippen molar-refractivity contribution in [3.63, 3.8) is 0 Å². The molecule has 1 rings (SSSR count). The Bertz CT molecular complexity index is 476. The molecule has 0 spiro atoms. The number of rotatable bonds is 5. The molecule has 0 bridgehead atoms. The number of hydrogen-bond acceptors (Lipinski definition) is 2.